The summed E-state index contributed by atoms with van der Waals surface area (Å²) in [7, 11) is 1.70. The predicted molar refractivity (Wildman–Crippen MR) is 144 cm³/mol. The lowest BCUT2D eigenvalue weighted by molar-refractivity contribution is 0.0586. The van der Waals surface area contributed by atoms with E-state index in [9.17, 15) is 4.79 Å². The SMILES string of the molecule is CCc1ccc(C(=O)N2CCc3c([nH]c4ccc(OC)cc34)[C@@H]2[C@H](C)Cc2ccc3c(c2)OCO3)cc1. The Labute approximate surface area is 217 Å². The Morgan fingerprint density at radius 1 is 1.05 bits per heavy atom. The number of nitrogens with one attached hydrogen (secondary N) is 1. The Balaban J connectivity index is 1.39. The topological polar surface area (TPSA) is 63.8 Å². The quantitative estimate of drug-likeness (QED) is 0.351. The zero-order valence-corrected chi connectivity index (χ0v) is 21.5. The number of hydrogen-bond donors (Lipinski definition) is 1. The normalized spacial score (nSPS) is 17.1. The summed E-state index contributed by atoms with van der Waals surface area (Å²) in [5.74, 6) is 2.65. The molecule has 37 heavy (non-hydrogen) atoms. The van der Waals surface area contributed by atoms with Gasteiger partial charge in [0.2, 0.25) is 6.79 Å². The number of hydrogen-bond acceptors (Lipinski definition) is 4. The Hall–Kier alpha value is -3.93. The third-order valence-corrected chi connectivity index (χ3v) is 7.78. The number of carbonyl (C=O) groups is 1. The average Bonchev–Trinajstić information content (AvgIpc) is 3.55. The van der Waals surface area contributed by atoms with Gasteiger partial charge in [0, 0.05) is 28.7 Å². The Morgan fingerprint density at radius 3 is 2.62 bits per heavy atom. The van der Waals surface area contributed by atoms with Gasteiger partial charge in [0.25, 0.3) is 5.91 Å². The van der Waals surface area contributed by atoms with Gasteiger partial charge in [-0.05, 0) is 84.3 Å². The van der Waals surface area contributed by atoms with Gasteiger partial charge in [-0.25, -0.2) is 0 Å². The van der Waals surface area contributed by atoms with Crippen LogP contribution in [0.1, 0.15) is 52.6 Å². The smallest absolute Gasteiger partial charge is 0.254 e. The molecule has 0 unspecified atom stereocenters. The first-order valence-electron chi connectivity index (χ1n) is 13.0. The van der Waals surface area contributed by atoms with E-state index in [4.69, 9.17) is 14.2 Å². The molecule has 0 saturated carbocycles. The van der Waals surface area contributed by atoms with Crippen LogP contribution in [0.2, 0.25) is 0 Å². The number of fused-ring (bicyclic) bond motifs is 4. The molecule has 2 atom stereocenters. The summed E-state index contributed by atoms with van der Waals surface area (Å²) in [5.41, 5.74) is 6.62. The maximum atomic E-state index is 13.9. The molecule has 0 aliphatic carbocycles. The molecule has 6 rings (SSSR count). The number of aromatic nitrogens is 1. The third-order valence-electron chi connectivity index (χ3n) is 7.78. The molecule has 0 radical (unpaired) electrons. The predicted octanol–water partition coefficient (Wildman–Crippen LogP) is 6.09. The first-order valence-corrected chi connectivity index (χ1v) is 13.0. The van der Waals surface area contributed by atoms with Crippen molar-refractivity contribution < 1.29 is 19.0 Å². The summed E-state index contributed by atoms with van der Waals surface area (Å²) < 4.78 is 16.6. The van der Waals surface area contributed by atoms with E-state index in [1.807, 2.05) is 24.3 Å². The third kappa shape index (κ3) is 4.20. The van der Waals surface area contributed by atoms with Crippen molar-refractivity contribution >= 4 is 16.8 Å². The summed E-state index contributed by atoms with van der Waals surface area (Å²) in [4.78, 5) is 19.7. The van der Waals surface area contributed by atoms with Gasteiger partial charge in [-0.3, -0.25) is 4.79 Å². The highest BCUT2D eigenvalue weighted by atomic mass is 16.7. The maximum Gasteiger partial charge on any atom is 0.254 e. The fraction of sp³-hybridized carbons (Fsp3) is 0.323. The van der Waals surface area contributed by atoms with Crippen LogP contribution < -0.4 is 14.2 Å². The Morgan fingerprint density at radius 2 is 1.84 bits per heavy atom. The minimum atomic E-state index is -0.0917. The van der Waals surface area contributed by atoms with Gasteiger partial charge in [-0.15, -0.1) is 0 Å². The van der Waals surface area contributed by atoms with Crippen molar-refractivity contribution in [2.45, 2.75) is 39.2 Å². The second-order valence-corrected chi connectivity index (χ2v) is 10.0. The van der Waals surface area contributed by atoms with Crippen molar-refractivity contribution in [3.63, 3.8) is 0 Å². The first-order chi connectivity index (χ1) is 18.1. The van der Waals surface area contributed by atoms with Crippen molar-refractivity contribution in [3.05, 3.63) is 88.6 Å². The van der Waals surface area contributed by atoms with Crippen LogP contribution in [0, 0.1) is 5.92 Å². The zero-order chi connectivity index (χ0) is 25.5. The number of aryl methyl sites for hydroxylation is 1. The van der Waals surface area contributed by atoms with E-state index in [0.29, 0.717) is 6.54 Å². The molecule has 2 aliphatic rings. The average molecular weight is 497 g/mol. The number of methoxy groups -OCH3 is 1. The molecule has 4 aromatic rings. The molecule has 0 spiro atoms. The van der Waals surface area contributed by atoms with Gasteiger partial charge < -0.3 is 24.1 Å². The monoisotopic (exact) mass is 496 g/mol. The van der Waals surface area contributed by atoms with Gasteiger partial charge in [-0.1, -0.05) is 32.0 Å². The summed E-state index contributed by atoms with van der Waals surface area (Å²) in [5, 5.41) is 1.18. The van der Waals surface area contributed by atoms with Gasteiger partial charge >= 0.3 is 0 Å². The molecule has 0 fully saturated rings. The van der Waals surface area contributed by atoms with Crippen molar-refractivity contribution in [1.82, 2.24) is 9.88 Å². The van der Waals surface area contributed by atoms with Crippen LogP contribution in [-0.2, 0) is 19.3 Å². The number of amides is 1. The zero-order valence-electron chi connectivity index (χ0n) is 21.5. The van der Waals surface area contributed by atoms with Crippen molar-refractivity contribution in [2.24, 2.45) is 5.92 Å². The van der Waals surface area contributed by atoms with E-state index in [1.165, 1.54) is 22.1 Å². The van der Waals surface area contributed by atoms with E-state index in [0.717, 1.165) is 53.3 Å². The van der Waals surface area contributed by atoms with Crippen LogP contribution in [0.4, 0.5) is 0 Å². The highest BCUT2D eigenvalue weighted by molar-refractivity contribution is 5.95. The number of H-pyrrole nitrogens is 1. The molecule has 0 saturated heterocycles. The fourth-order valence-electron chi connectivity index (χ4n) is 5.84. The standard InChI is InChI=1S/C31H32N2O4/c1-4-20-5-8-22(9-6-20)31(34)33-14-13-24-25-17-23(35-3)10-11-26(25)32-29(24)30(33)19(2)15-21-7-12-27-28(16-21)37-18-36-27/h5-12,16-17,19,30,32H,4,13-15,18H2,1-3H3/t19-,30+/m1/s1. The number of rotatable bonds is 6. The number of carbonyl (C=O) groups excluding carboxylic acids is 1. The van der Waals surface area contributed by atoms with Crippen LogP contribution in [-0.4, -0.2) is 36.2 Å². The number of nitrogens with zero attached hydrogens (tertiary/aromatic N) is 1. The molecule has 6 nitrogen and oxygen atoms in total. The minimum absolute atomic E-state index is 0.0760. The van der Waals surface area contributed by atoms with Crippen LogP contribution in [0.15, 0.2) is 60.7 Å². The van der Waals surface area contributed by atoms with Gasteiger partial charge in [0.1, 0.15) is 5.75 Å². The molecule has 3 aromatic carbocycles. The Bertz CT molecular complexity index is 1460. The molecule has 2 aliphatic heterocycles. The fourth-order valence-corrected chi connectivity index (χ4v) is 5.84. The number of benzene rings is 3. The van der Waals surface area contributed by atoms with Crippen molar-refractivity contribution in [1.29, 1.82) is 0 Å². The molecule has 1 N–H and O–H groups in total. The molecule has 0 bridgehead atoms. The molecule has 1 amide bonds. The number of ether oxygens (including phenoxy) is 3. The highest BCUT2D eigenvalue weighted by Gasteiger charge is 2.37. The van der Waals surface area contributed by atoms with Crippen molar-refractivity contribution in [3.8, 4) is 17.2 Å². The largest absolute Gasteiger partial charge is 0.497 e. The summed E-state index contributed by atoms with van der Waals surface area (Å²) in [6.07, 6.45) is 2.56. The van der Waals surface area contributed by atoms with E-state index >= 15 is 0 Å². The molecule has 3 heterocycles. The second-order valence-electron chi connectivity index (χ2n) is 10.0. The van der Waals surface area contributed by atoms with Gasteiger partial charge in [-0.2, -0.15) is 0 Å². The van der Waals surface area contributed by atoms with E-state index in [2.05, 4.69) is 60.1 Å². The van der Waals surface area contributed by atoms with Crippen LogP contribution in [0.3, 0.4) is 0 Å². The van der Waals surface area contributed by atoms with E-state index in [-0.39, 0.29) is 24.7 Å². The van der Waals surface area contributed by atoms with Gasteiger partial charge in [0.05, 0.1) is 13.2 Å². The Kier molecular flexibility index (Phi) is 6.03. The lowest BCUT2D eigenvalue weighted by Gasteiger charge is -2.39. The van der Waals surface area contributed by atoms with Crippen molar-refractivity contribution in [2.75, 3.05) is 20.4 Å². The molecule has 6 heteroatoms. The lowest BCUT2D eigenvalue weighted by atomic mass is 9.85. The minimum Gasteiger partial charge on any atom is -0.497 e. The number of aromatic amines is 1. The first kappa shape index (κ1) is 23.5. The van der Waals surface area contributed by atoms with E-state index in [1.54, 1.807) is 7.11 Å². The van der Waals surface area contributed by atoms with E-state index < -0.39 is 0 Å². The molecule has 190 valence electrons. The summed E-state index contributed by atoms with van der Waals surface area (Å²) >= 11 is 0. The van der Waals surface area contributed by atoms with Gasteiger partial charge in [0.15, 0.2) is 11.5 Å². The maximum absolute atomic E-state index is 13.9. The highest BCUT2D eigenvalue weighted by Crippen LogP contribution is 2.42. The van der Waals surface area contributed by atoms with Crippen LogP contribution >= 0.6 is 0 Å². The lowest BCUT2D eigenvalue weighted by Crippen LogP contribution is -2.43. The van der Waals surface area contributed by atoms with Crippen LogP contribution in [0.5, 0.6) is 17.2 Å². The molecular weight excluding hydrogens is 464 g/mol. The molecular formula is C31H32N2O4. The molecule has 1 aromatic heterocycles. The second kappa shape index (κ2) is 9.51. The summed E-state index contributed by atoms with van der Waals surface area (Å²) in [6.45, 7) is 5.29. The van der Waals surface area contributed by atoms with Crippen LogP contribution in [0.25, 0.3) is 10.9 Å². The summed E-state index contributed by atoms with van der Waals surface area (Å²) in [6, 6.07) is 20.2.